The van der Waals surface area contributed by atoms with E-state index in [1.165, 1.54) is 0 Å². The molecule has 0 spiro atoms. The number of aromatic amines is 1. The molecule has 76 valence electrons. The van der Waals surface area contributed by atoms with Crippen LogP contribution in [0.1, 0.15) is 5.56 Å². The molecule has 0 unspecified atom stereocenters. The molecule has 1 aromatic carbocycles. The number of nitrogens with one attached hydrogen (secondary N) is 1. The number of hydrogen-bond acceptors (Lipinski definition) is 1. The highest BCUT2D eigenvalue weighted by atomic mass is 35.5. The fourth-order valence-electron chi connectivity index (χ4n) is 1.55. The van der Waals surface area contributed by atoms with Crippen molar-refractivity contribution in [2.24, 2.45) is 0 Å². The summed E-state index contributed by atoms with van der Waals surface area (Å²) in [6, 6.07) is 7.40. The molecule has 3 heteroatoms. The molecular weight excluding hydrogens is 210 g/mol. The second-order valence-electron chi connectivity index (χ2n) is 3.38. The number of pyridine rings is 1. The molecule has 1 heterocycles. The number of hydrogen-bond donors (Lipinski definition) is 1. The first-order chi connectivity index (χ1) is 7.18. The van der Waals surface area contributed by atoms with Crippen LogP contribution >= 0.6 is 11.6 Å². The van der Waals surface area contributed by atoms with Gasteiger partial charge in [-0.25, -0.2) is 0 Å². The molecule has 2 nitrogen and oxygen atoms in total. The largest absolute Gasteiger partial charge is 0.361 e. The Morgan fingerprint density at radius 3 is 2.87 bits per heavy atom. The minimum absolute atomic E-state index is 0.0196. The van der Waals surface area contributed by atoms with E-state index in [4.69, 9.17) is 11.6 Å². The third kappa shape index (κ3) is 1.95. The number of fused-ring (bicyclic) bond motifs is 1. The Morgan fingerprint density at radius 1 is 1.40 bits per heavy atom. The van der Waals surface area contributed by atoms with E-state index in [9.17, 15) is 4.79 Å². The Balaban J connectivity index is 2.65. The highest BCUT2D eigenvalue weighted by Crippen LogP contribution is 2.10. The van der Waals surface area contributed by atoms with Crippen molar-refractivity contribution in [1.82, 2.24) is 4.98 Å². The highest BCUT2D eigenvalue weighted by molar-refractivity contribution is 6.29. The van der Waals surface area contributed by atoms with E-state index in [-0.39, 0.29) is 5.43 Å². The lowest BCUT2D eigenvalue weighted by molar-refractivity contribution is 1.18. The van der Waals surface area contributed by atoms with Crippen molar-refractivity contribution in [2.75, 3.05) is 0 Å². The van der Waals surface area contributed by atoms with Crippen LogP contribution in [0.4, 0.5) is 0 Å². The van der Waals surface area contributed by atoms with Gasteiger partial charge in [0, 0.05) is 34.1 Å². The third-order valence-corrected chi connectivity index (χ3v) is 2.38. The fourth-order valence-corrected chi connectivity index (χ4v) is 1.69. The molecule has 0 aliphatic rings. The molecule has 0 amide bonds. The summed E-state index contributed by atoms with van der Waals surface area (Å²) < 4.78 is 0. The minimum atomic E-state index is 0.0196. The van der Waals surface area contributed by atoms with Gasteiger partial charge >= 0.3 is 0 Å². The summed E-state index contributed by atoms with van der Waals surface area (Å²) >= 11 is 5.69. The zero-order valence-corrected chi connectivity index (χ0v) is 8.84. The zero-order chi connectivity index (χ0) is 10.8. The Bertz CT molecular complexity index is 571. The Morgan fingerprint density at radius 2 is 2.13 bits per heavy atom. The summed E-state index contributed by atoms with van der Waals surface area (Å²) in [4.78, 5) is 15.0. The first kappa shape index (κ1) is 9.99. The van der Waals surface area contributed by atoms with E-state index in [0.29, 0.717) is 22.4 Å². The lowest BCUT2D eigenvalue weighted by Gasteiger charge is -2.01. The first-order valence-corrected chi connectivity index (χ1v) is 4.99. The van der Waals surface area contributed by atoms with Gasteiger partial charge in [0.15, 0.2) is 5.43 Å². The summed E-state index contributed by atoms with van der Waals surface area (Å²) in [7, 11) is 0. The molecule has 0 atom stereocenters. The molecule has 2 rings (SSSR count). The monoisotopic (exact) mass is 219 g/mol. The molecule has 1 N–H and O–H groups in total. The molecule has 0 bridgehead atoms. The first-order valence-electron chi connectivity index (χ1n) is 4.61. The topological polar surface area (TPSA) is 32.9 Å². The van der Waals surface area contributed by atoms with Crippen LogP contribution < -0.4 is 5.43 Å². The molecule has 1 aromatic heterocycles. The molecule has 0 saturated carbocycles. The van der Waals surface area contributed by atoms with E-state index in [1.807, 2.05) is 18.2 Å². The summed E-state index contributed by atoms with van der Waals surface area (Å²) in [6.45, 7) is 3.58. The van der Waals surface area contributed by atoms with Crippen molar-refractivity contribution < 1.29 is 0 Å². The van der Waals surface area contributed by atoms with Crippen molar-refractivity contribution in [3.05, 3.63) is 57.9 Å². The van der Waals surface area contributed by atoms with Gasteiger partial charge in [0.2, 0.25) is 0 Å². The number of H-pyrrole nitrogens is 1. The van der Waals surface area contributed by atoms with Crippen LogP contribution in [-0.2, 0) is 6.42 Å². The van der Waals surface area contributed by atoms with Crippen LogP contribution in [0, 0.1) is 0 Å². The number of allylic oxidation sites excluding steroid dienone is 1. The number of benzene rings is 1. The van der Waals surface area contributed by atoms with E-state index >= 15 is 0 Å². The Hall–Kier alpha value is -1.54. The molecule has 0 fully saturated rings. The maximum atomic E-state index is 11.9. The predicted molar refractivity (Wildman–Crippen MR) is 63.3 cm³/mol. The molecule has 2 aromatic rings. The van der Waals surface area contributed by atoms with Gasteiger partial charge in [0.1, 0.15) is 0 Å². The van der Waals surface area contributed by atoms with Crippen LogP contribution in [0.3, 0.4) is 0 Å². The molecule has 15 heavy (non-hydrogen) atoms. The minimum Gasteiger partial charge on any atom is -0.361 e. The van der Waals surface area contributed by atoms with Crippen LogP contribution in [0.5, 0.6) is 0 Å². The molecule has 0 radical (unpaired) electrons. The van der Waals surface area contributed by atoms with E-state index in [1.54, 1.807) is 12.3 Å². The van der Waals surface area contributed by atoms with Gasteiger partial charge in [-0.15, -0.1) is 0 Å². The standard InChI is InChI=1S/C12H10ClNO/c1-8(13)6-9-7-14-11-5-3-2-4-10(11)12(9)15/h2-5,7H,1,6H2,(H,14,15). The second-order valence-corrected chi connectivity index (χ2v) is 3.92. The zero-order valence-electron chi connectivity index (χ0n) is 8.09. The number of rotatable bonds is 2. The van der Waals surface area contributed by atoms with Crippen molar-refractivity contribution >= 4 is 22.5 Å². The van der Waals surface area contributed by atoms with Gasteiger partial charge in [-0.1, -0.05) is 30.3 Å². The van der Waals surface area contributed by atoms with Crippen LogP contribution in [-0.4, -0.2) is 4.98 Å². The summed E-state index contributed by atoms with van der Waals surface area (Å²) in [6.07, 6.45) is 2.10. The normalized spacial score (nSPS) is 10.5. The summed E-state index contributed by atoms with van der Waals surface area (Å²) in [5, 5.41) is 1.16. The van der Waals surface area contributed by atoms with Gasteiger partial charge in [0.25, 0.3) is 0 Å². The second kappa shape index (κ2) is 3.91. The quantitative estimate of drug-likeness (QED) is 0.828. The lowest BCUT2D eigenvalue weighted by Crippen LogP contribution is -2.09. The smallest absolute Gasteiger partial charge is 0.192 e. The molecule has 0 aliphatic carbocycles. The summed E-state index contributed by atoms with van der Waals surface area (Å²) in [5.74, 6) is 0. The van der Waals surface area contributed by atoms with Gasteiger partial charge in [-0.05, 0) is 12.1 Å². The maximum Gasteiger partial charge on any atom is 0.192 e. The van der Waals surface area contributed by atoms with Gasteiger partial charge in [0.05, 0.1) is 0 Å². The van der Waals surface area contributed by atoms with Crippen molar-refractivity contribution in [2.45, 2.75) is 6.42 Å². The van der Waals surface area contributed by atoms with E-state index in [0.717, 1.165) is 5.52 Å². The molecule has 0 saturated heterocycles. The van der Waals surface area contributed by atoms with E-state index in [2.05, 4.69) is 11.6 Å². The fraction of sp³-hybridized carbons (Fsp3) is 0.0833. The van der Waals surface area contributed by atoms with Crippen LogP contribution in [0.25, 0.3) is 10.9 Å². The third-order valence-electron chi connectivity index (χ3n) is 2.25. The van der Waals surface area contributed by atoms with Crippen molar-refractivity contribution in [1.29, 1.82) is 0 Å². The molecule has 0 aliphatic heterocycles. The molecular formula is C12H10ClNO. The maximum absolute atomic E-state index is 11.9. The van der Waals surface area contributed by atoms with E-state index < -0.39 is 0 Å². The predicted octanol–water partition coefficient (Wildman–Crippen LogP) is 2.82. The van der Waals surface area contributed by atoms with Gasteiger partial charge in [-0.2, -0.15) is 0 Å². The average Bonchev–Trinajstić information content (AvgIpc) is 2.22. The SMILES string of the molecule is C=C(Cl)Cc1c[nH]c2ccccc2c1=O. The van der Waals surface area contributed by atoms with Gasteiger partial charge < -0.3 is 4.98 Å². The van der Waals surface area contributed by atoms with Crippen molar-refractivity contribution in [3.8, 4) is 0 Å². The van der Waals surface area contributed by atoms with Crippen molar-refractivity contribution in [3.63, 3.8) is 0 Å². The number of para-hydroxylation sites is 1. The lowest BCUT2D eigenvalue weighted by atomic mass is 10.1. The van der Waals surface area contributed by atoms with Gasteiger partial charge in [-0.3, -0.25) is 4.79 Å². The Labute approximate surface area is 92.2 Å². The Kier molecular flexibility index (Phi) is 2.60. The number of halogens is 1. The van der Waals surface area contributed by atoms with Crippen LogP contribution in [0.15, 0.2) is 46.9 Å². The van der Waals surface area contributed by atoms with Crippen LogP contribution in [0.2, 0.25) is 0 Å². The average molecular weight is 220 g/mol. The number of aromatic nitrogens is 1. The highest BCUT2D eigenvalue weighted by Gasteiger charge is 2.04. The summed E-state index contributed by atoms with van der Waals surface area (Å²) in [5.41, 5.74) is 1.51.